The van der Waals surface area contributed by atoms with Crippen molar-refractivity contribution in [1.82, 2.24) is 0 Å². The molecule has 21 heavy (non-hydrogen) atoms. The van der Waals surface area contributed by atoms with Gasteiger partial charge in [0.2, 0.25) is 0 Å². The number of aryl methyl sites for hydroxylation is 2. The summed E-state index contributed by atoms with van der Waals surface area (Å²) in [5, 5.41) is 1.88. The highest BCUT2D eigenvalue weighted by molar-refractivity contribution is 7.93. The van der Waals surface area contributed by atoms with E-state index < -0.39 is 9.84 Å². The Morgan fingerprint density at radius 1 is 1.05 bits per heavy atom. The molecule has 4 heteroatoms. The van der Waals surface area contributed by atoms with Gasteiger partial charge in [0.15, 0.2) is 9.84 Å². The molecule has 2 aromatic rings. The summed E-state index contributed by atoms with van der Waals surface area (Å²) in [7, 11) is -3.30. The normalized spacial score (nSPS) is 12.0. The van der Waals surface area contributed by atoms with Gasteiger partial charge < -0.3 is 0 Å². The Morgan fingerprint density at radius 3 is 2.33 bits per heavy atom. The molecule has 0 bridgehead atoms. The van der Waals surface area contributed by atoms with Crippen LogP contribution in [-0.2, 0) is 15.6 Å². The predicted octanol–water partition coefficient (Wildman–Crippen LogP) is 4.54. The third kappa shape index (κ3) is 4.73. The molecule has 0 amide bonds. The maximum Gasteiger partial charge on any atom is 0.175 e. The number of hydrogen-bond acceptors (Lipinski definition) is 2. The molecule has 2 rings (SSSR count). The van der Waals surface area contributed by atoms with Crippen LogP contribution in [0, 0.1) is 13.8 Å². The lowest BCUT2D eigenvalue weighted by Gasteiger charge is -2.03. The van der Waals surface area contributed by atoms with E-state index in [1.807, 2.05) is 32.0 Å². The van der Waals surface area contributed by atoms with Crippen LogP contribution in [-0.4, -0.2) is 8.42 Å². The highest BCUT2D eigenvalue weighted by Gasteiger charge is 2.08. The second-order valence-electron chi connectivity index (χ2n) is 5.10. The minimum absolute atomic E-state index is 0.0222. The fourth-order valence-corrected chi connectivity index (χ4v) is 3.28. The van der Waals surface area contributed by atoms with Crippen LogP contribution >= 0.6 is 11.6 Å². The van der Waals surface area contributed by atoms with Crippen molar-refractivity contribution in [2.75, 3.05) is 0 Å². The van der Waals surface area contributed by atoms with E-state index in [2.05, 4.69) is 0 Å². The first-order valence-electron chi connectivity index (χ1n) is 6.58. The van der Waals surface area contributed by atoms with Crippen molar-refractivity contribution >= 4 is 27.5 Å². The molecule has 0 aliphatic rings. The molecule has 0 aromatic heterocycles. The van der Waals surface area contributed by atoms with Gasteiger partial charge in [0.05, 0.1) is 5.75 Å². The van der Waals surface area contributed by atoms with Crippen LogP contribution in [0.15, 0.2) is 47.9 Å². The Labute approximate surface area is 131 Å². The molecule has 0 heterocycles. The van der Waals surface area contributed by atoms with Crippen molar-refractivity contribution in [3.05, 3.63) is 75.1 Å². The van der Waals surface area contributed by atoms with E-state index in [4.69, 9.17) is 11.6 Å². The van der Waals surface area contributed by atoms with Gasteiger partial charge in [-0.15, -0.1) is 0 Å². The third-order valence-electron chi connectivity index (χ3n) is 3.16. The Hall–Kier alpha value is -1.58. The van der Waals surface area contributed by atoms with Gasteiger partial charge in [0.25, 0.3) is 0 Å². The van der Waals surface area contributed by atoms with Gasteiger partial charge in [-0.3, -0.25) is 0 Å². The van der Waals surface area contributed by atoms with E-state index in [-0.39, 0.29) is 5.75 Å². The summed E-state index contributed by atoms with van der Waals surface area (Å²) in [5.74, 6) is -0.0222. The highest BCUT2D eigenvalue weighted by atomic mass is 35.5. The van der Waals surface area contributed by atoms with Crippen LogP contribution in [0.1, 0.15) is 22.3 Å². The maximum absolute atomic E-state index is 12.1. The number of hydrogen-bond donors (Lipinski definition) is 0. The van der Waals surface area contributed by atoms with Crippen LogP contribution in [0.25, 0.3) is 6.08 Å². The molecule has 0 radical (unpaired) electrons. The van der Waals surface area contributed by atoms with Crippen molar-refractivity contribution in [1.29, 1.82) is 0 Å². The van der Waals surface area contributed by atoms with Crippen molar-refractivity contribution in [2.45, 2.75) is 19.6 Å². The zero-order valence-electron chi connectivity index (χ0n) is 12.0. The van der Waals surface area contributed by atoms with Gasteiger partial charge in [-0.2, -0.15) is 0 Å². The first-order chi connectivity index (χ1) is 9.85. The molecule has 110 valence electrons. The molecule has 0 aliphatic heterocycles. The van der Waals surface area contributed by atoms with Crippen LogP contribution in [0.4, 0.5) is 0 Å². The van der Waals surface area contributed by atoms with Crippen molar-refractivity contribution in [2.24, 2.45) is 0 Å². The van der Waals surface area contributed by atoms with E-state index in [1.54, 1.807) is 30.3 Å². The SMILES string of the molecule is Cc1ccc(/C=C\S(=O)(=O)Cc2ccc(Cl)cc2)c(C)c1. The summed E-state index contributed by atoms with van der Waals surface area (Å²) in [6, 6.07) is 12.8. The second kappa shape index (κ2) is 6.46. The van der Waals surface area contributed by atoms with Crippen molar-refractivity contribution < 1.29 is 8.42 Å². The average molecular weight is 321 g/mol. The third-order valence-corrected chi connectivity index (χ3v) is 4.70. The maximum atomic E-state index is 12.1. The molecule has 2 aromatic carbocycles. The Balaban J connectivity index is 2.16. The molecule has 0 spiro atoms. The smallest absolute Gasteiger partial charge is 0.175 e. The van der Waals surface area contributed by atoms with Crippen LogP contribution in [0.5, 0.6) is 0 Å². The lowest BCUT2D eigenvalue weighted by molar-refractivity contribution is 0.604. The number of rotatable bonds is 4. The lowest BCUT2D eigenvalue weighted by atomic mass is 10.1. The molecule has 0 aliphatic carbocycles. The summed E-state index contributed by atoms with van der Waals surface area (Å²) < 4.78 is 24.2. The van der Waals surface area contributed by atoms with E-state index in [0.29, 0.717) is 5.02 Å². The number of halogens is 1. The lowest BCUT2D eigenvalue weighted by Crippen LogP contribution is -1.99. The summed E-state index contributed by atoms with van der Waals surface area (Å²) in [4.78, 5) is 0. The van der Waals surface area contributed by atoms with Crippen LogP contribution < -0.4 is 0 Å². The summed E-state index contributed by atoms with van der Waals surface area (Å²) in [6.45, 7) is 3.98. The van der Waals surface area contributed by atoms with E-state index in [9.17, 15) is 8.42 Å². The van der Waals surface area contributed by atoms with Crippen LogP contribution in [0.3, 0.4) is 0 Å². The molecular weight excluding hydrogens is 304 g/mol. The average Bonchev–Trinajstić information content (AvgIpc) is 2.40. The first-order valence-corrected chi connectivity index (χ1v) is 8.68. The van der Waals surface area contributed by atoms with Gasteiger partial charge in [0, 0.05) is 10.4 Å². The van der Waals surface area contributed by atoms with E-state index in [1.165, 1.54) is 5.41 Å². The number of benzene rings is 2. The molecule has 2 nitrogen and oxygen atoms in total. The van der Waals surface area contributed by atoms with Gasteiger partial charge in [-0.25, -0.2) is 8.42 Å². The van der Waals surface area contributed by atoms with Gasteiger partial charge in [-0.1, -0.05) is 47.5 Å². The second-order valence-corrected chi connectivity index (χ2v) is 7.42. The highest BCUT2D eigenvalue weighted by Crippen LogP contribution is 2.16. The fourth-order valence-electron chi connectivity index (χ4n) is 2.05. The topological polar surface area (TPSA) is 34.1 Å². The Bertz CT molecular complexity index is 760. The monoisotopic (exact) mass is 320 g/mol. The quantitative estimate of drug-likeness (QED) is 0.828. The summed E-state index contributed by atoms with van der Waals surface area (Å²) >= 11 is 5.79. The van der Waals surface area contributed by atoms with Crippen LogP contribution in [0.2, 0.25) is 5.02 Å². The molecule has 0 atom stereocenters. The largest absolute Gasteiger partial charge is 0.224 e. The van der Waals surface area contributed by atoms with Gasteiger partial charge in [0.1, 0.15) is 0 Å². The summed E-state index contributed by atoms with van der Waals surface area (Å²) in [5.41, 5.74) is 3.87. The molecular formula is C17H17ClO2S. The Kier molecular flexibility index (Phi) is 4.86. The van der Waals surface area contributed by atoms with Gasteiger partial charge >= 0.3 is 0 Å². The fraction of sp³-hybridized carbons (Fsp3) is 0.176. The molecule has 0 fully saturated rings. The zero-order valence-corrected chi connectivity index (χ0v) is 13.6. The summed E-state index contributed by atoms with van der Waals surface area (Å²) in [6.07, 6.45) is 1.65. The number of sulfone groups is 1. The predicted molar refractivity (Wildman–Crippen MR) is 89.0 cm³/mol. The first kappa shape index (κ1) is 15.8. The van der Waals surface area contributed by atoms with Gasteiger partial charge in [-0.05, 0) is 48.7 Å². The Morgan fingerprint density at radius 2 is 1.71 bits per heavy atom. The van der Waals surface area contributed by atoms with E-state index in [0.717, 1.165) is 22.3 Å². The molecule has 0 N–H and O–H groups in total. The minimum Gasteiger partial charge on any atom is -0.224 e. The van der Waals surface area contributed by atoms with Crippen molar-refractivity contribution in [3.63, 3.8) is 0 Å². The molecule has 0 unspecified atom stereocenters. The molecule has 0 saturated heterocycles. The molecule has 0 saturated carbocycles. The van der Waals surface area contributed by atoms with E-state index >= 15 is 0 Å². The van der Waals surface area contributed by atoms with Crippen molar-refractivity contribution in [3.8, 4) is 0 Å². The zero-order chi connectivity index (χ0) is 15.5. The minimum atomic E-state index is -3.30. The standard InChI is InChI=1S/C17H17ClO2S/c1-13-3-6-16(14(2)11-13)9-10-21(19,20)12-15-4-7-17(18)8-5-15/h3-11H,12H2,1-2H3/b10-9-.